The van der Waals surface area contributed by atoms with Crippen molar-refractivity contribution in [3.8, 4) is 11.3 Å². The molecule has 17 heavy (non-hydrogen) atoms. The van der Waals surface area contributed by atoms with Gasteiger partial charge >= 0.3 is 0 Å². The van der Waals surface area contributed by atoms with Crippen molar-refractivity contribution in [1.29, 1.82) is 0 Å². The van der Waals surface area contributed by atoms with E-state index in [0.29, 0.717) is 16.9 Å². The Bertz CT molecular complexity index is 563. The van der Waals surface area contributed by atoms with E-state index in [0.717, 1.165) is 0 Å². The first-order valence-electron chi connectivity index (χ1n) is 5.00. The van der Waals surface area contributed by atoms with Crippen molar-refractivity contribution in [1.82, 2.24) is 0 Å². The summed E-state index contributed by atoms with van der Waals surface area (Å²) in [5.41, 5.74) is 1.31. The van der Waals surface area contributed by atoms with Gasteiger partial charge in [-0.1, -0.05) is 24.3 Å². The number of hydrogen-bond acceptors (Lipinski definition) is 4. The highest BCUT2D eigenvalue weighted by atomic mass is 16.4. The van der Waals surface area contributed by atoms with E-state index in [4.69, 9.17) is 4.42 Å². The second kappa shape index (κ2) is 4.25. The van der Waals surface area contributed by atoms with Crippen LogP contribution in [0.5, 0.6) is 0 Å². The van der Waals surface area contributed by atoms with Crippen LogP contribution in [0.2, 0.25) is 0 Å². The normalized spacial score (nSPS) is 10.2. The Kier molecular flexibility index (Phi) is 2.78. The van der Waals surface area contributed by atoms with E-state index >= 15 is 0 Å². The summed E-state index contributed by atoms with van der Waals surface area (Å²) in [6.07, 6.45) is 0. The minimum absolute atomic E-state index is 0.0218. The van der Waals surface area contributed by atoms with Crippen molar-refractivity contribution in [3.63, 3.8) is 0 Å². The van der Waals surface area contributed by atoms with Gasteiger partial charge in [0.2, 0.25) is 0 Å². The summed E-state index contributed by atoms with van der Waals surface area (Å²) in [7, 11) is 0. The number of aromatic carboxylic acids is 1. The van der Waals surface area contributed by atoms with E-state index < -0.39 is 5.97 Å². The molecule has 0 aliphatic heterocycles. The minimum atomic E-state index is -1.35. The van der Waals surface area contributed by atoms with Crippen molar-refractivity contribution in [2.45, 2.75) is 6.92 Å². The molecule has 1 heterocycles. The van der Waals surface area contributed by atoms with E-state index in [1.165, 1.54) is 13.0 Å². The van der Waals surface area contributed by atoms with Crippen molar-refractivity contribution in [3.05, 3.63) is 47.7 Å². The van der Waals surface area contributed by atoms with Crippen LogP contribution in [-0.4, -0.2) is 11.8 Å². The highest BCUT2D eigenvalue weighted by Gasteiger charge is 2.06. The molecule has 2 rings (SSSR count). The maximum absolute atomic E-state index is 11.1. The van der Waals surface area contributed by atoms with E-state index in [1.807, 2.05) is 0 Å². The van der Waals surface area contributed by atoms with Gasteiger partial charge < -0.3 is 14.3 Å². The third kappa shape index (κ3) is 2.25. The molecule has 0 fully saturated rings. The number of carbonyl (C=O) groups is 2. The fraction of sp³-hybridized carbons (Fsp3) is 0.0769. The zero-order chi connectivity index (χ0) is 12.4. The Hall–Kier alpha value is -2.36. The van der Waals surface area contributed by atoms with Crippen molar-refractivity contribution < 1.29 is 19.1 Å². The van der Waals surface area contributed by atoms with Crippen LogP contribution in [0.25, 0.3) is 11.3 Å². The molecule has 0 unspecified atom stereocenters. The summed E-state index contributed by atoms with van der Waals surface area (Å²) in [5.74, 6) is -1.15. The minimum Gasteiger partial charge on any atom is -0.542 e. The van der Waals surface area contributed by atoms with Crippen LogP contribution in [0.1, 0.15) is 27.8 Å². The molecule has 0 saturated heterocycles. The van der Waals surface area contributed by atoms with E-state index in [9.17, 15) is 14.7 Å². The quantitative estimate of drug-likeness (QED) is 0.748. The number of Topliss-reactive ketones (excluding diaryl/α,β-unsaturated/α-hetero) is 1. The van der Waals surface area contributed by atoms with Crippen LogP contribution in [0.4, 0.5) is 0 Å². The molecule has 1 aromatic carbocycles. The predicted molar refractivity (Wildman–Crippen MR) is 58.5 cm³/mol. The maximum Gasteiger partial charge on any atom is 0.159 e. The highest BCUT2D eigenvalue weighted by molar-refractivity contribution is 5.94. The fourth-order valence-electron chi connectivity index (χ4n) is 1.47. The number of hydrogen-bond donors (Lipinski definition) is 0. The number of ketones is 1. The van der Waals surface area contributed by atoms with Crippen LogP contribution >= 0.6 is 0 Å². The van der Waals surface area contributed by atoms with Crippen LogP contribution in [0.15, 0.2) is 40.8 Å². The van der Waals surface area contributed by atoms with Gasteiger partial charge in [-0.05, 0) is 19.1 Å². The van der Waals surface area contributed by atoms with Gasteiger partial charge in [0.05, 0.1) is 0 Å². The van der Waals surface area contributed by atoms with Gasteiger partial charge in [-0.3, -0.25) is 4.79 Å². The molecule has 4 heteroatoms. The Morgan fingerprint density at radius 2 is 1.71 bits per heavy atom. The van der Waals surface area contributed by atoms with Gasteiger partial charge in [-0.15, -0.1) is 0 Å². The number of carboxylic acid groups (broad SMARTS) is 1. The molecule has 0 amide bonds. The number of rotatable bonds is 3. The Labute approximate surface area is 97.5 Å². The van der Waals surface area contributed by atoms with Gasteiger partial charge in [-0.25, -0.2) is 0 Å². The third-order valence-corrected chi connectivity index (χ3v) is 2.38. The van der Waals surface area contributed by atoms with E-state index in [1.54, 1.807) is 30.3 Å². The topological polar surface area (TPSA) is 70.3 Å². The Balaban J connectivity index is 2.33. The lowest BCUT2D eigenvalue weighted by Crippen LogP contribution is -2.21. The van der Waals surface area contributed by atoms with Crippen LogP contribution in [-0.2, 0) is 0 Å². The first kappa shape index (κ1) is 11.1. The zero-order valence-electron chi connectivity index (χ0n) is 9.10. The number of furan rings is 1. The fourth-order valence-corrected chi connectivity index (χ4v) is 1.47. The second-order valence-electron chi connectivity index (χ2n) is 3.58. The molecule has 0 radical (unpaired) electrons. The smallest absolute Gasteiger partial charge is 0.159 e. The molecule has 0 bridgehead atoms. The lowest BCUT2D eigenvalue weighted by atomic mass is 10.1. The highest BCUT2D eigenvalue weighted by Crippen LogP contribution is 2.22. The lowest BCUT2D eigenvalue weighted by molar-refractivity contribution is -0.257. The molecular weight excluding hydrogens is 220 g/mol. The summed E-state index contributed by atoms with van der Waals surface area (Å²) in [6.45, 7) is 1.48. The van der Waals surface area contributed by atoms with Crippen molar-refractivity contribution in [2.24, 2.45) is 0 Å². The maximum atomic E-state index is 11.1. The first-order chi connectivity index (χ1) is 8.08. The molecule has 0 aliphatic rings. The molecule has 4 nitrogen and oxygen atoms in total. The molecular formula is C13H9O4-. The number of carboxylic acids is 1. The third-order valence-electron chi connectivity index (χ3n) is 2.38. The first-order valence-corrected chi connectivity index (χ1v) is 5.00. The van der Waals surface area contributed by atoms with Gasteiger partial charge in [0.25, 0.3) is 0 Å². The Morgan fingerprint density at radius 3 is 2.18 bits per heavy atom. The Morgan fingerprint density at radius 1 is 1.06 bits per heavy atom. The van der Waals surface area contributed by atoms with Crippen molar-refractivity contribution in [2.75, 3.05) is 0 Å². The van der Waals surface area contributed by atoms with Crippen LogP contribution < -0.4 is 5.11 Å². The molecule has 1 aromatic heterocycles. The zero-order valence-corrected chi connectivity index (χ0v) is 9.10. The van der Waals surface area contributed by atoms with Gasteiger partial charge in [0.1, 0.15) is 17.5 Å². The van der Waals surface area contributed by atoms with E-state index in [2.05, 4.69) is 0 Å². The molecule has 0 atom stereocenters. The van der Waals surface area contributed by atoms with Gasteiger partial charge in [0, 0.05) is 11.1 Å². The average Bonchev–Trinajstić information content (AvgIpc) is 2.78. The molecule has 0 saturated carbocycles. The molecule has 0 aliphatic carbocycles. The largest absolute Gasteiger partial charge is 0.542 e. The molecule has 0 N–H and O–H groups in total. The number of benzene rings is 1. The summed E-state index contributed by atoms with van der Waals surface area (Å²) in [5, 5.41) is 10.5. The second-order valence-corrected chi connectivity index (χ2v) is 3.58. The van der Waals surface area contributed by atoms with Crippen LogP contribution in [0.3, 0.4) is 0 Å². The van der Waals surface area contributed by atoms with E-state index in [-0.39, 0.29) is 11.5 Å². The number of carbonyl (C=O) groups excluding carboxylic acids is 2. The van der Waals surface area contributed by atoms with Gasteiger partial charge in [-0.2, -0.15) is 0 Å². The van der Waals surface area contributed by atoms with Crippen LogP contribution in [0, 0.1) is 0 Å². The monoisotopic (exact) mass is 229 g/mol. The summed E-state index contributed by atoms with van der Waals surface area (Å²) in [6, 6.07) is 9.62. The summed E-state index contributed by atoms with van der Waals surface area (Å²) >= 11 is 0. The molecule has 2 aromatic rings. The SMILES string of the molecule is CC(=O)c1ccc(-c2ccc(C(=O)[O-])o2)cc1. The van der Waals surface area contributed by atoms with Crippen molar-refractivity contribution >= 4 is 11.8 Å². The summed E-state index contributed by atoms with van der Waals surface area (Å²) < 4.78 is 5.08. The molecule has 86 valence electrons. The lowest BCUT2D eigenvalue weighted by Gasteiger charge is -1.99. The predicted octanol–water partition coefficient (Wildman–Crippen LogP) is 1.51. The summed E-state index contributed by atoms with van der Waals surface area (Å²) in [4.78, 5) is 21.6. The average molecular weight is 229 g/mol. The van der Waals surface area contributed by atoms with Gasteiger partial charge in [0.15, 0.2) is 5.78 Å². The standard InChI is InChI=1S/C13H10O4/c1-8(14)9-2-4-10(5-3-9)11-6-7-12(17-11)13(15)16/h2-7H,1H3,(H,15,16)/p-1. The molecule has 0 spiro atoms.